The standard InChI is InChI=1S/C8H4ClN5S3/c9-5-1-3-15-6(5)14-7(11-12-13-14)17-8-10-2-4-16-8/h1-4H. The van der Waals surface area contributed by atoms with E-state index < -0.39 is 0 Å². The molecule has 0 saturated heterocycles. The van der Waals surface area contributed by atoms with Gasteiger partial charge in [-0.3, -0.25) is 0 Å². The zero-order valence-electron chi connectivity index (χ0n) is 8.15. The van der Waals surface area contributed by atoms with Crippen LogP contribution in [0, 0.1) is 0 Å². The number of thiophene rings is 1. The molecule has 0 N–H and O–H groups in total. The van der Waals surface area contributed by atoms with E-state index in [1.807, 2.05) is 16.8 Å². The molecule has 0 aliphatic heterocycles. The summed E-state index contributed by atoms with van der Waals surface area (Å²) in [4.78, 5) is 4.18. The van der Waals surface area contributed by atoms with Crippen molar-refractivity contribution in [1.29, 1.82) is 0 Å². The van der Waals surface area contributed by atoms with Crippen LogP contribution in [0.15, 0.2) is 32.5 Å². The highest BCUT2D eigenvalue weighted by Gasteiger charge is 2.14. The number of aromatic nitrogens is 5. The fraction of sp³-hybridized carbons (Fsp3) is 0. The molecule has 3 rings (SSSR count). The van der Waals surface area contributed by atoms with Crippen LogP contribution in [0.1, 0.15) is 0 Å². The lowest BCUT2D eigenvalue weighted by Crippen LogP contribution is -1.96. The van der Waals surface area contributed by atoms with Gasteiger partial charge in [0.2, 0.25) is 5.16 Å². The second-order valence-electron chi connectivity index (χ2n) is 2.85. The Bertz CT molecular complexity index is 617. The maximum Gasteiger partial charge on any atom is 0.222 e. The van der Waals surface area contributed by atoms with Crippen molar-refractivity contribution in [2.45, 2.75) is 9.50 Å². The van der Waals surface area contributed by atoms with Crippen molar-refractivity contribution in [3.8, 4) is 5.00 Å². The summed E-state index contributed by atoms with van der Waals surface area (Å²) in [6.07, 6.45) is 1.75. The van der Waals surface area contributed by atoms with Gasteiger partial charge in [-0.2, -0.15) is 4.68 Å². The summed E-state index contributed by atoms with van der Waals surface area (Å²) in [6.45, 7) is 0. The van der Waals surface area contributed by atoms with Gasteiger partial charge in [-0.1, -0.05) is 11.6 Å². The largest absolute Gasteiger partial charge is 0.238 e. The van der Waals surface area contributed by atoms with Crippen LogP contribution in [0.3, 0.4) is 0 Å². The summed E-state index contributed by atoms with van der Waals surface area (Å²) in [5.74, 6) is 0. The van der Waals surface area contributed by atoms with E-state index in [1.165, 1.54) is 23.1 Å². The molecule has 0 amide bonds. The van der Waals surface area contributed by atoms with Crippen molar-refractivity contribution in [2.24, 2.45) is 0 Å². The summed E-state index contributed by atoms with van der Waals surface area (Å²) >= 11 is 10.5. The highest BCUT2D eigenvalue weighted by molar-refractivity contribution is 8.00. The molecule has 0 saturated carbocycles. The Labute approximate surface area is 113 Å². The molecule has 0 unspecified atom stereocenters. The van der Waals surface area contributed by atoms with Crippen LogP contribution < -0.4 is 0 Å². The van der Waals surface area contributed by atoms with Gasteiger partial charge in [0.25, 0.3) is 0 Å². The van der Waals surface area contributed by atoms with Crippen LogP contribution in [0.25, 0.3) is 5.00 Å². The van der Waals surface area contributed by atoms with Crippen LogP contribution >= 0.6 is 46.0 Å². The van der Waals surface area contributed by atoms with Gasteiger partial charge in [-0.25, -0.2) is 4.98 Å². The molecule has 86 valence electrons. The molecule has 3 aromatic rings. The summed E-state index contributed by atoms with van der Waals surface area (Å²) in [6, 6.07) is 1.82. The van der Waals surface area contributed by atoms with Crippen LogP contribution in [-0.4, -0.2) is 25.2 Å². The highest BCUT2D eigenvalue weighted by Crippen LogP contribution is 2.32. The van der Waals surface area contributed by atoms with Crippen LogP contribution in [0.5, 0.6) is 0 Å². The van der Waals surface area contributed by atoms with Gasteiger partial charge in [0.15, 0.2) is 4.34 Å². The fourth-order valence-electron chi connectivity index (χ4n) is 1.15. The molecule has 0 aromatic carbocycles. The molecular weight excluding hydrogens is 298 g/mol. The zero-order valence-corrected chi connectivity index (χ0v) is 11.4. The van der Waals surface area contributed by atoms with Crippen molar-refractivity contribution in [3.63, 3.8) is 0 Å². The monoisotopic (exact) mass is 301 g/mol. The molecule has 9 heteroatoms. The first-order valence-corrected chi connectivity index (χ1v) is 7.39. The van der Waals surface area contributed by atoms with E-state index in [0.717, 1.165) is 9.34 Å². The maximum atomic E-state index is 6.06. The summed E-state index contributed by atoms with van der Waals surface area (Å²) in [5, 5.41) is 17.5. The molecule has 0 atom stereocenters. The van der Waals surface area contributed by atoms with Crippen molar-refractivity contribution in [1.82, 2.24) is 25.2 Å². The third kappa shape index (κ3) is 2.21. The molecule has 5 nitrogen and oxygen atoms in total. The zero-order chi connectivity index (χ0) is 11.7. The van der Waals surface area contributed by atoms with E-state index in [1.54, 1.807) is 22.2 Å². The predicted molar refractivity (Wildman–Crippen MR) is 68.3 cm³/mol. The number of rotatable bonds is 3. The van der Waals surface area contributed by atoms with Crippen molar-refractivity contribution in [2.75, 3.05) is 0 Å². The van der Waals surface area contributed by atoms with E-state index >= 15 is 0 Å². The summed E-state index contributed by atoms with van der Waals surface area (Å²) in [5.41, 5.74) is 0. The fourth-order valence-corrected chi connectivity index (χ4v) is 3.80. The minimum Gasteiger partial charge on any atom is -0.238 e. The van der Waals surface area contributed by atoms with Crippen molar-refractivity contribution in [3.05, 3.63) is 28.0 Å². The van der Waals surface area contributed by atoms with E-state index in [9.17, 15) is 0 Å². The van der Waals surface area contributed by atoms with Crippen LogP contribution in [0.4, 0.5) is 0 Å². The van der Waals surface area contributed by atoms with Gasteiger partial charge in [0.1, 0.15) is 5.00 Å². The lowest BCUT2D eigenvalue weighted by molar-refractivity contribution is 0.768. The first-order chi connectivity index (χ1) is 8.34. The Hall–Kier alpha value is -0.960. The van der Waals surface area contributed by atoms with Gasteiger partial charge < -0.3 is 0 Å². The Morgan fingerprint density at radius 2 is 2.24 bits per heavy atom. The molecule has 3 heterocycles. The first kappa shape index (κ1) is 11.1. The molecular formula is C8H4ClN5S3. The Kier molecular flexibility index (Phi) is 3.10. The topological polar surface area (TPSA) is 56.5 Å². The predicted octanol–water partition coefficient (Wildman–Crippen LogP) is 2.98. The number of nitrogens with zero attached hydrogens (tertiary/aromatic N) is 5. The van der Waals surface area contributed by atoms with E-state index in [4.69, 9.17) is 11.6 Å². The molecule has 3 aromatic heterocycles. The normalized spacial score (nSPS) is 10.9. The quantitative estimate of drug-likeness (QED) is 0.744. The van der Waals surface area contributed by atoms with Gasteiger partial charge in [-0.15, -0.1) is 27.8 Å². The van der Waals surface area contributed by atoms with Gasteiger partial charge in [0, 0.05) is 11.6 Å². The molecule has 0 radical (unpaired) electrons. The number of tetrazole rings is 1. The van der Waals surface area contributed by atoms with Crippen LogP contribution in [-0.2, 0) is 0 Å². The number of halogens is 1. The average Bonchev–Trinajstić information content (AvgIpc) is 3.00. The first-order valence-electron chi connectivity index (χ1n) is 4.43. The van der Waals surface area contributed by atoms with Crippen LogP contribution in [0.2, 0.25) is 5.02 Å². The molecule has 17 heavy (non-hydrogen) atoms. The third-order valence-corrected chi connectivity index (χ3v) is 4.95. The summed E-state index contributed by atoms with van der Waals surface area (Å²) < 4.78 is 2.52. The minimum atomic E-state index is 0.642. The minimum absolute atomic E-state index is 0.642. The van der Waals surface area contributed by atoms with Gasteiger partial charge >= 0.3 is 0 Å². The lowest BCUT2D eigenvalue weighted by Gasteiger charge is -1.99. The number of hydrogen-bond donors (Lipinski definition) is 0. The third-order valence-electron chi connectivity index (χ3n) is 1.82. The number of thiazole rings is 1. The average molecular weight is 302 g/mol. The van der Waals surface area contributed by atoms with Crippen molar-refractivity contribution < 1.29 is 0 Å². The smallest absolute Gasteiger partial charge is 0.222 e. The Morgan fingerprint density at radius 3 is 2.94 bits per heavy atom. The van der Waals surface area contributed by atoms with E-state index in [2.05, 4.69) is 20.5 Å². The maximum absolute atomic E-state index is 6.06. The Morgan fingerprint density at radius 1 is 1.29 bits per heavy atom. The Balaban J connectivity index is 1.97. The lowest BCUT2D eigenvalue weighted by atomic mass is 10.6. The molecule has 0 spiro atoms. The van der Waals surface area contributed by atoms with E-state index in [-0.39, 0.29) is 0 Å². The molecule has 0 aliphatic rings. The second kappa shape index (κ2) is 4.73. The number of hydrogen-bond acceptors (Lipinski definition) is 7. The molecule has 0 bridgehead atoms. The summed E-state index contributed by atoms with van der Waals surface area (Å²) in [7, 11) is 0. The SMILES string of the molecule is Clc1ccsc1-n1nnnc1Sc1nccs1. The van der Waals surface area contributed by atoms with E-state index in [0.29, 0.717) is 10.2 Å². The molecule has 0 fully saturated rings. The van der Waals surface area contributed by atoms with Crippen molar-refractivity contribution >= 4 is 46.0 Å². The highest BCUT2D eigenvalue weighted by atomic mass is 35.5. The van der Waals surface area contributed by atoms with Gasteiger partial charge in [-0.05, 0) is 33.6 Å². The van der Waals surface area contributed by atoms with Gasteiger partial charge in [0.05, 0.1) is 5.02 Å². The molecule has 0 aliphatic carbocycles. The second-order valence-corrected chi connectivity index (χ2v) is 6.26.